The van der Waals surface area contributed by atoms with Gasteiger partial charge in [0.2, 0.25) is 5.91 Å². The van der Waals surface area contributed by atoms with Gasteiger partial charge in [-0.15, -0.1) is 0 Å². The molecule has 3 nitrogen and oxygen atoms in total. The van der Waals surface area contributed by atoms with Crippen LogP contribution in [-0.2, 0) is 4.79 Å². The van der Waals surface area contributed by atoms with Crippen LogP contribution in [0.25, 0.3) is 0 Å². The molecular weight excluding hydrogens is 236 g/mol. The molecule has 1 heterocycles. The van der Waals surface area contributed by atoms with Crippen molar-refractivity contribution in [3.8, 4) is 0 Å². The van der Waals surface area contributed by atoms with Gasteiger partial charge in [0.1, 0.15) is 0 Å². The summed E-state index contributed by atoms with van der Waals surface area (Å²) in [4.78, 5) is 15.2. The highest BCUT2D eigenvalue weighted by molar-refractivity contribution is 5.87. The van der Waals surface area contributed by atoms with E-state index in [1.54, 1.807) is 0 Å². The number of carbonyl (C=O) groups is 1. The second-order valence-electron chi connectivity index (χ2n) is 6.25. The van der Waals surface area contributed by atoms with Gasteiger partial charge in [0.05, 0.1) is 5.54 Å². The number of nitrogens with zero attached hydrogens (tertiary/aromatic N) is 1. The van der Waals surface area contributed by atoms with Gasteiger partial charge in [-0.25, -0.2) is 0 Å². The zero-order chi connectivity index (χ0) is 13.7. The highest BCUT2D eigenvalue weighted by Crippen LogP contribution is 2.30. The molecule has 1 N–H and O–H groups in total. The lowest BCUT2D eigenvalue weighted by Gasteiger charge is -2.40. The van der Waals surface area contributed by atoms with Crippen LogP contribution in [0.5, 0.6) is 0 Å². The van der Waals surface area contributed by atoms with Crippen molar-refractivity contribution in [3.63, 3.8) is 0 Å². The molecule has 0 aromatic carbocycles. The van der Waals surface area contributed by atoms with E-state index in [2.05, 4.69) is 24.1 Å². The lowest BCUT2D eigenvalue weighted by atomic mass is 9.87. The van der Waals surface area contributed by atoms with Crippen molar-refractivity contribution >= 4 is 5.91 Å². The average molecular weight is 266 g/mol. The van der Waals surface area contributed by atoms with Gasteiger partial charge >= 0.3 is 0 Å². The molecule has 1 atom stereocenters. The Bertz CT molecular complexity index is 291. The summed E-state index contributed by atoms with van der Waals surface area (Å²) in [5.41, 5.74) is -0.234. The predicted molar refractivity (Wildman–Crippen MR) is 79.1 cm³/mol. The third kappa shape index (κ3) is 3.13. The summed E-state index contributed by atoms with van der Waals surface area (Å²) >= 11 is 0. The van der Waals surface area contributed by atoms with Gasteiger partial charge in [0.25, 0.3) is 0 Å². The van der Waals surface area contributed by atoms with Gasteiger partial charge in [0.15, 0.2) is 0 Å². The van der Waals surface area contributed by atoms with E-state index in [-0.39, 0.29) is 5.54 Å². The average Bonchev–Trinajstić information content (AvgIpc) is 2.91. The van der Waals surface area contributed by atoms with Crippen molar-refractivity contribution in [3.05, 3.63) is 0 Å². The maximum Gasteiger partial charge on any atom is 0.243 e. The van der Waals surface area contributed by atoms with E-state index in [9.17, 15) is 4.79 Å². The Morgan fingerprint density at radius 3 is 2.47 bits per heavy atom. The van der Waals surface area contributed by atoms with Crippen LogP contribution in [0.2, 0.25) is 0 Å². The van der Waals surface area contributed by atoms with E-state index in [1.165, 1.54) is 32.1 Å². The molecule has 0 spiro atoms. The number of hydrogen-bond donors (Lipinski definition) is 1. The first-order valence-electron chi connectivity index (χ1n) is 8.29. The van der Waals surface area contributed by atoms with Gasteiger partial charge in [-0.2, -0.15) is 0 Å². The third-order valence-corrected chi connectivity index (χ3v) is 4.95. The van der Waals surface area contributed by atoms with Gasteiger partial charge < -0.3 is 10.2 Å². The normalized spacial score (nSPS) is 28.5. The van der Waals surface area contributed by atoms with E-state index in [0.717, 1.165) is 38.8 Å². The summed E-state index contributed by atoms with van der Waals surface area (Å²) < 4.78 is 0. The maximum absolute atomic E-state index is 13.1. The van der Waals surface area contributed by atoms with Gasteiger partial charge in [-0.05, 0) is 45.6 Å². The van der Waals surface area contributed by atoms with Crippen LogP contribution in [0.3, 0.4) is 0 Å². The van der Waals surface area contributed by atoms with Crippen molar-refractivity contribution in [2.75, 3.05) is 13.1 Å². The highest BCUT2D eigenvalue weighted by atomic mass is 16.2. The van der Waals surface area contributed by atoms with Crippen LogP contribution in [0.15, 0.2) is 0 Å². The molecule has 2 aliphatic rings. The van der Waals surface area contributed by atoms with E-state index in [0.29, 0.717) is 11.9 Å². The Hall–Kier alpha value is -0.570. The van der Waals surface area contributed by atoms with Crippen LogP contribution in [-0.4, -0.2) is 35.5 Å². The minimum Gasteiger partial charge on any atom is -0.338 e. The Kier molecular flexibility index (Phi) is 5.26. The second kappa shape index (κ2) is 6.74. The molecule has 2 fully saturated rings. The molecule has 110 valence electrons. The first kappa shape index (κ1) is 14.8. The molecular formula is C16H30N2O. The lowest BCUT2D eigenvalue weighted by molar-refractivity contribution is -0.141. The van der Waals surface area contributed by atoms with E-state index < -0.39 is 0 Å². The SMILES string of the molecule is CCCC1(C(=O)N(CC)C2CCCCC2)CCCN1. The van der Waals surface area contributed by atoms with Crippen LogP contribution in [0, 0.1) is 0 Å². The molecule has 1 unspecified atom stereocenters. The molecule has 2 rings (SSSR count). The topological polar surface area (TPSA) is 32.3 Å². The number of hydrogen-bond acceptors (Lipinski definition) is 2. The maximum atomic E-state index is 13.1. The number of carbonyl (C=O) groups excluding carboxylic acids is 1. The van der Waals surface area contributed by atoms with Crippen molar-refractivity contribution < 1.29 is 4.79 Å². The lowest BCUT2D eigenvalue weighted by Crippen LogP contribution is -2.57. The monoisotopic (exact) mass is 266 g/mol. The molecule has 0 aromatic heterocycles. The smallest absolute Gasteiger partial charge is 0.243 e. The number of likely N-dealkylation sites (N-methyl/N-ethyl adjacent to an activating group) is 1. The quantitative estimate of drug-likeness (QED) is 0.829. The van der Waals surface area contributed by atoms with Gasteiger partial charge in [-0.1, -0.05) is 32.6 Å². The molecule has 3 heteroatoms. The summed E-state index contributed by atoms with van der Waals surface area (Å²) in [6.45, 7) is 6.21. The number of rotatable bonds is 5. The third-order valence-electron chi connectivity index (χ3n) is 4.95. The highest BCUT2D eigenvalue weighted by Gasteiger charge is 2.43. The fourth-order valence-electron chi connectivity index (χ4n) is 3.97. The largest absolute Gasteiger partial charge is 0.338 e. The minimum atomic E-state index is -0.234. The fourth-order valence-corrected chi connectivity index (χ4v) is 3.97. The fraction of sp³-hybridized carbons (Fsp3) is 0.938. The first-order valence-corrected chi connectivity index (χ1v) is 8.29. The van der Waals surface area contributed by atoms with Crippen LogP contribution in [0.1, 0.15) is 71.6 Å². The van der Waals surface area contributed by atoms with Crippen molar-refractivity contribution in [2.45, 2.75) is 83.2 Å². The first-order chi connectivity index (χ1) is 9.23. The summed E-state index contributed by atoms with van der Waals surface area (Å²) in [5.74, 6) is 0.390. The van der Waals surface area contributed by atoms with Crippen molar-refractivity contribution in [2.24, 2.45) is 0 Å². The van der Waals surface area contributed by atoms with Gasteiger partial charge in [0, 0.05) is 12.6 Å². The molecule has 1 aliphatic heterocycles. The second-order valence-corrected chi connectivity index (χ2v) is 6.25. The summed E-state index contributed by atoms with van der Waals surface area (Å²) in [7, 11) is 0. The van der Waals surface area contributed by atoms with E-state index in [4.69, 9.17) is 0 Å². The summed E-state index contributed by atoms with van der Waals surface area (Å²) in [6, 6.07) is 0.502. The zero-order valence-electron chi connectivity index (χ0n) is 12.7. The Labute approximate surface area is 118 Å². The summed E-state index contributed by atoms with van der Waals surface area (Å²) in [6.07, 6.45) is 10.6. The molecule has 0 bridgehead atoms. The molecule has 0 radical (unpaired) electrons. The predicted octanol–water partition coefficient (Wildman–Crippen LogP) is 3.09. The van der Waals surface area contributed by atoms with Crippen LogP contribution < -0.4 is 5.32 Å². The minimum absolute atomic E-state index is 0.234. The molecule has 1 saturated heterocycles. The Morgan fingerprint density at radius 2 is 1.95 bits per heavy atom. The molecule has 19 heavy (non-hydrogen) atoms. The standard InChI is InChI=1S/C16H30N2O/c1-3-11-16(12-8-13-17-16)15(19)18(4-2)14-9-6-5-7-10-14/h14,17H,3-13H2,1-2H3. The molecule has 1 saturated carbocycles. The van der Waals surface area contributed by atoms with Crippen LogP contribution >= 0.6 is 0 Å². The van der Waals surface area contributed by atoms with Gasteiger partial charge in [-0.3, -0.25) is 4.79 Å². The summed E-state index contributed by atoms with van der Waals surface area (Å²) in [5, 5.41) is 3.53. The van der Waals surface area contributed by atoms with E-state index >= 15 is 0 Å². The van der Waals surface area contributed by atoms with Crippen molar-refractivity contribution in [1.82, 2.24) is 10.2 Å². The zero-order valence-corrected chi connectivity index (χ0v) is 12.7. The Morgan fingerprint density at radius 1 is 1.21 bits per heavy atom. The number of amides is 1. The molecule has 1 aliphatic carbocycles. The number of nitrogens with one attached hydrogen (secondary N) is 1. The molecule has 1 amide bonds. The van der Waals surface area contributed by atoms with Crippen LogP contribution in [0.4, 0.5) is 0 Å². The van der Waals surface area contributed by atoms with E-state index in [1.807, 2.05) is 0 Å². The Balaban J connectivity index is 2.09. The molecule has 0 aromatic rings. The van der Waals surface area contributed by atoms with Crippen molar-refractivity contribution in [1.29, 1.82) is 0 Å².